The Bertz CT molecular complexity index is 497. The summed E-state index contributed by atoms with van der Waals surface area (Å²) in [5, 5.41) is 3.49. The molecule has 116 valence electrons. The van der Waals surface area contributed by atoms with Crippen molar-refractivity contribution in [2.75, 3.05) is 40.3 Å². The van der Waals surface area contributed by atoms with Gasteiger partial charge in [0.2, 0.25) is 0 Å². The highest BCUT2D eigenvalue weighted by Crippen LogP contribution is 2.41. The Balaban J connectivity index is 1.89. The van der Waals surface area contributed by atoms with Gasteiger partial charge in [-0.15, -0.1) is 0 Å². The van der Waals surface area contributed by atoms with Gasteiger partial charge in [0.05, 0.1) is 7.11 Å². The molecule has 0 radical (unpaired) electrons. The molecule has 0 saturated carbocycles. The molecule has 2 aliphatic rings. The molecule has 1 atom stereocenters. The summed E-state index contributed by atoms with van der Waals surface area (Å²) in [6.07, 6.45) is 2.69. The van der Waals surface area contributed by atoms with Crippen LogP contribution in [-0.2, 0) is 0 Å². The maximum atomic E-state index is 6.27. The molecule has 21 heavy (non-hydrogen) atoms. The predicted octanol–water partition coefficient (Wildman–Crippen LogP) is 2.62. The first-order valence-electron chi connectivity index (χ1n) is 7.60. The third-order valence-electron chi connectivity index (χ3n) is 4.32. The lowest BCUT2D eigenvalue weighted by molar-refractivity contribution is 0.0358. The summed E-state index contributed by atoms with van der Waals surface area (Å²) in [5.74, 6) is 2.27. The molecule has 1 aromatic carbocycles. The lowest BCUT2D eigenvalue weighted by Crippen LogP contribution is -2.51. The first-order valence-corrected chi connectivity index (χ1v) is 8.40. The van der Waals surface area contributed by atoms with Crippen molar-refractivity contribution < 1.29 is 9.47 Å². The van der Waals surface area contributed by atoms with E-state index in [-0.39, 0.29) is 6.10 Å². The first kappa shape index (κ1) is 15.1. The second-order valence-corrected chi connectivity index (χ2v) is 6.95. The number of likely N-dealkylation sites (tertiary alicyclic amines) is 1. The quantitative estimate of drug-likeness (QED) is 0.900. The van der Waals surface area contributed by atoms with Crippen molar-refractivity contribution in [3.05, 3.63) is 22.2 Å². The summed E-state index contributed by atoms with van der Waals surface area (Å²) in [4.78, 5) is 2.26. The normalized spacial score (nSPS) is 23.7. The standard InChI is InChI=1S/C16H23BrN2O2/c1-19-9-13(10-19)21-16-14(11-4-3-5-18-8-11)6-12(17)7-15(16)20-2/h6-7,11,13,18H,3-5,8-10H2,1-2H3. The number of hydrogen-bond acceptors (Lipinski definition) is 4. The molecule has 2 saturated heterocycles. The monoisotopic (exact) mass is 354 g/mol. The Morgan fingerprint density at radius 2 is 2.14 bits per heavy atom. The average molecular weight is 355 g/mol. The molecule has 4 nitrogen and oxygen atoms in total. The second-order valence-electron chi connectivity index (χ2n) is 6.03. The van der Waals surface area contributed by atoms with Crippen LogP contribution >= 0.6 is 15.9 Å². The van der Waals surface area contributed by atoms with E-state index in [2.05, 4.69) is 39.3 Å². The highest BCUT2D eigenvalue weighted by molar-refractivity contribution is 9.10. The minimum atomic E-state index is 0.278. The number of halogens is 1. The van der Waals surface area contributed by atoms with E-state index in [0.717, 1.165) is 42.2 Å². The fourth-order valence-corrected chi connectivity index (χ4v) is 3.62. The van der Waals surface area contributed by atoms with E-state index in [9.17, 15) is 0 Å². The molecule has 1 aromatic rings. The lowest BCUT2D eigenvalue weighted by Gasteiger charge is -2.37. The number of benzene rings is 1. The van der Waals surface area contributed by atoms with Gasteiger partial charge in [-0.1, -0.05) is 15.9 Å². The van der Waals surface area contributed by atoms with Crippen LogP contribution in [0.25, 0.3) is 0 Å². The van der Waals surface area contributed by atoms with E-state index < -0.39 is 0 Å². The number of nitrogens with one attached hydrogen (secondary N) is 1. The van der Waals surface area contributed by atoms with E-state index >= 15 is 0 Å². The van der Waals surface area contributed by atoms with Crippen LogP contribution in [0, 0.1) is 0 Å². The van der Waals surface area contributed by atoms with E-state index in [1.165, 1.54) is 18.4 Å². The number of hydrogen-bond donors (Lipinski definition) is 1. The summed E-state index contributed by atoms with van der Waals surface area (Å²) in [5.41, 5.74) is 1.27. The molecule has 1 N–H and O–H groups in total. The Hall–Kier alpha value is -0.780. The molecular formula is C16H23BrN2O2. The Kier molecular flexibility index (Phi) is 4.72. The highest BCUT2D eigenvalue weighted by Gasteiger charge is 2.29. The van der Waals surface area contributed by atoms with Gasteiger partial charge in [-0.3, -0.25) is 4.90 Å². The van der Waals surface area contributed by atoms with Gasteiger partial charge in [0.1, 0.15) is 6.10 Å². The summed E-state index contributed by atoms with van der Waals surface area (Å²) in [6, 6.07) is 4.19. The smallest absolute Gasteiger partial charge is 0.165 e. The zero-order valence-electron chi connectivity index (χ0n) is 12.7. The van der Waals surface area contributed by atoms with Crippen molar-refractivity contribution in [2.24, 2.45) is 0 Å². The molecule has 1 unspecified atom stereocenters. The van der Waals surface area contributed by atoms with Crippen molar-refractivity contribution in [1.82, 2.24) is 10.2 Å². The van der Waals surface area contributed by atoms with Gasteiger partial charge < -0.3 is 14.8 Å². The van der Waals surface area contributed by atoms with Gasteiger partial charge in [-0.05, 0) is 38.6 Å². The van der Waals surface area contributed by atoms with Crippen LogP contribution < -0.4 is 14.8 Å². The van der Waals surface area contributed by atoms with Crippen LogP contribution in [0.15, 0.2) is 16.6 Å². The maximum Gasteiger partial charge on any atom is 0.165 e. The van der Waals surface area contributed by atoms with Crippen LogP contribution in [0.1, 0.15) is 24.3 Å². The number of methoxy groups -OCH3 is 1. The average Bonchev–Trinajstić information content (AvgIpc) is 2.47. The van der Waals surface area contributed by atoms with E-state index in [1.807, 2.05) is 6.07 Å². The maximum absolute atomic E-state index is 6.27. The zero-order valence-corrected chi connectivity index (χ0v) is 14.3. The fourth-order valence-electron chi connectivity index (χ4n) is 3.17. The summed E-state index contributed by atoms with van der Waals surface area (Å²) in [7, 11) is 3.83. The minimum absolute atomic E-state index is 0.278. The molecule has 0 bridgehead atoms. The Labute approximate surface area is 134 Å². The number of ether oxygens (including phenoxy) is 2. The largest absolute Gasteiger partial charge is 0.493 e. The molecule has 0 amide bonds. The third kappa shape index (κ3) is 3.35. The molecule has 2 aliphatic heterocycles. The number of likely N-dealkylation sites (N-methyl/N-ethyl adjacent to an activating group) is 1. The summed E-state index contributed by atoms with van der Waals surface area (Å²) in [6.45, 7) is 4.11. The molecule has 2 fully saturated rings. The predicted molar refractivity (Wildman–Crippen MR) is 87.5 cm³/mol. The number of nitrogens with zero attached hydrogens (tertiary/aromatic N) is 1. The lowest BCUT2D eigenvalue weighted by atomic mass is 9.90. The van der Waals surface area contributed by atoms with Gasteiger partial charge >= 0.3 is 0 Å². The van der Waals surface area contributed by atoms with Crippen LogP contribution in [0.5, 0.6) is 11.5 Å². The van der Waals surface area contributed by atoms with Crippen molar-refractivity contribution in [3.63, 3.8) is 0 Å². The second kappa shape index (κ2) is 6.55. The van der Waals surface area contributed by atoms with Gasteiger partial charge in [-0.2, -0.15) is 0 Å². The van der Waals surface area contributed by atoms with Crippen LogP contribution in [-0.4, -0.2) is 51.3 Å². The van der Waals surface area contributed by atoms with Crippen LogP contribution in [0.3, 0.4) is 0 Å². The van der Waals surface area contributed by atoms with E-state index in [1.54, 1.807) is 7.11 Å². The molecule has 5 heteroatoms. The molecule has 3 rings (SSSR count). The molecular weight excluding hydrogens is 332 g/mol. The summed E-state index contributed by atoms with van der Waals surface area (Å²) < 4.78 is 12.9. The SMILES string of the molecule is COc1cc(Br)cc(C2CCCNC2)c1OC1CN(C)C1. The van der Waals surface area contributed by atoms with Crippen LogP contribution in [0.2, 0.25) is 0 Å². The third-order valence-corrected chi connectivity index (χ3v) is 4.78. The van der Waals surface area contributed by atoms with Crippen molar-refractivity contribution in [2.45, 2.75) is 24.9 Å². The van der Waals surface area contributed by atoms with Crippen molar-refractivity contribution >= 4 is 15.9 Å². The van der Waals surface area contributed by atoms with Gasteiger partial charge in [0, 0.05) is 35.6 Å². The van der Waals surface area contributed by atoms with Gasteiger partial charge in [0.25, 0.3) is 0 Å². The Morgan fingerprint density at radius 3 is 2.76 bits per heavy atom. The molecule has 2 heterocycles. The van der Waals surface area contributed by atoms with E-state index in [4.69, 9.17) is 9.47 Å². The van der Waals surface area contributed by atoms with Crippen LogP contribution in [0.4, 0.5) is 0 Å². The summed E-state index contributed by atoms with van der Waals surface area (Å²) >= 11 is 3.60. The van der Waals surface area contributed by atoms with Crippen molar-refractivity contribution in [1.29, 1.82) is 0 Å². The molecule has 0 spiro atoms. The van der Waals surface area contributed by atoms with Crippen molar-refractivity contribution in [3.8, 4) is 11.5 Å². The Morgan fingerprint density at radius 1 is 1.33 bits per heavy atom. The highest BCUT2D eigenvalue weighted by atomic mass is 79.9. The fraction of sp³-hybridized carbons (Fsp3) is 0.625. The van der Waals surface area contributed by atoms with E-state index in [0.29, 0.717) is 5.92 Å². The molecule has 0 aliphatic carbocycles. The zero-order chi connectivity index (χ0) is 14.8. The molecule has 0 aromatic heterocycles. The van der Waals surface area contributed by atoms with Gasteiger partial charge in [-0.25, -0.2) is 0 Å². The van der Waals surface area contributed by atoms with Gasteiger partial charge in [0.15, 0.2) is 11.5 Å². The number of rotatable bonds is 4. The topological polar surface area (TPSA) is 33.7 Å². The minimum Gasteiger partial charge on any atom is -0.493 e. The first-order chi connectivity index (χ1) is 10.2. The number of piperidine rings is 1.